The minimum atomic E-state index is 0.555. The topological polar surface area (TPSA) is 45.4 Å². The molecule has 1 aromatic heterocycles. The van der Waals surface area contributed by atoms with Gasteiger partial charge in [0.15, 0.2) is 0 Å². The highest BCUT2D eigenvalue weighted by Gasteiger charge is 2.28. The van der Waals surface area contributed by atoms with Crippen LogP contribution in [-0.2, 0) is 0 Å². The van der Waals surface area contributed by atoms with Crippen molar-refractivity contribution in [2.24, 2.45) is 0 Å². The molecule has 0 saturated carbocycles. The first-order chi connectivity index (χ1) is 11.7. The average molecular weight is 324 g/mol. The number of rotatable bonds is 2. The van der Waals surface area contributed by atoms with Crippen molar-refractivity contribution in [1.82, 2.24) is 14.8 Å². The predicted octanol–water partition coefficient (Wildman–Crippen LogP) is 3.09. The fourth-order valence-corrected chi connectivity index (χ4v) is 4.35. The Bertz CT molecular complexity index is 698. The molecule has 2 aromatic rings. The molecule has 2 aliphatic heterocycles. The standard InChI is InChI=1S/C20H28N4/c1-23-10-8-16(9-11-23)24-12-6-15(7-13-24)20-14-18(21)17-4-2-3-5-19(17)22-20/h2-5,14-16H,6-13H2,1H3,(H2,21,22). The number of benzene rings is 1. The van der Waals surface area contributed by atoms with E-state index in [-0.39, 0.29) is 0 Å². The van der Waals surface area contributed by atoms with E-state index in [0.29, 0.717) is 5.92 Å². The van der Waals surface area contributed by atoms with Crippen molar-refractivity contribution in [3.63, 3.8) is 0 Å². The Morgan fingerprint density at radius 1 is 1.00 bits per heavy atom. The highest BCUT2D eigenvalue weighted by molar-refractivity contribution is 5.90. The molecule has 4 nitrogen and oxygen atoms in total. The highest BCUT2D eigenvalue weighted by atomic mass is 15.2. The number of hydrogen-bond donors (Lipinski definition) is 1. The largest absolute Gasteiger partial charge is 0.398 e. The van der Waals surface area contributed by atoms with Crippen molar-refractivity contribution in [3.8, 4) is 0 Å². The summed E-state index contributed by atoms with van der Waals surface area (Å²) in [5, 5.41) is 1.07. The summed E-state index contributed by atoms with van der Waals surface area (Å²) in [6, 6.07) is 11.1. The molecule has 4 rings (SSSR count). The Morgan fingerprint density at radius 2 is 1.71 bits per heavy atom. The van der Waals surface area contributed by atoms with Crippen molar-refractivity contribution in [3.05, 3.63) is 36.0 Å². The van der Waals surface area contributed by atoms with Gasteiger partial charge in [0, 0.05) is 28.7 Å². The molecule has 0 unspecified atom stereocenters. The van der Waals surface area contributed by atoms with Gasteiger partial charge in [-0.15, -0.1) is 0 Å². The lowest BCUT2D eigenvalue weighted by Crippen LogP contribution is -2.46. The summed E-state index contributed by atoms with van der Waals surface area (Å²) in [6.45, 7) is 4.89. The second kappa shape index (κ2) is 6.69. The van der Waals surface area contributed by atoms with E-state index in [4.69, 9.17) is 10.7 Å². The molecule has 4 heteroatoms. The van der Waals surface area contributed by atoms with Crippen LogP contribution in [0.3, 0.4) is 0 Å². The molecule has 0 spiro atoms. The quantitative estimate of drug-likeness (QED) is 0.922. The molecule has 2 aliphatic rings. The first kappa shape index (κ1) is 15.9. The van der Waals surface area contributed by atoms with E-state index in [2.05, 4.69) is 35.0 Å². The van der Waals surface area contributed by atoms with Gasteiger partial charge in [0.25, 0.3) is 0 Å². The lowest BCUT2D eigenvalue weighted by Gasteiger charge is -2.41. The van der Waals surface area contributed by atoms with Crippen LogP contribution in [0.4, 0.5) is 5.69 Å². The molecular weight excluding hydrogens is 296 g/mol. The number of anilines is 1. The molecule has 0 aliphatic carbocycles. The molecule has 128 valence electrons. The maximum atomic E-state index is 6.27. The first-order valence-corrected chi connectivity index (χ1v) is 9.28. The van der Waals surface area contributed by atoms with Gasteiger partial charge in [-0.05, 0) is 71.0 Å². The fourth-order valence-electron chi connectivity index (χ4n) is 4.35. The second-order valence-corrected chi connectivity index (χ2v) is 7.50. The number of likely N-dealkylation sites (tertiary alicyclic amines) is 2. The van der Waals surface area contributed by atoms with Gasteiger partial charge >= 0.3 is 0 Å². The van der Waals surface area contributed by atoms with Crippen molar-refractivity contribution in [2.75, 3.05) is 39.0 Å². The first-order valence-electron chi connectivity index (χ1n) is 9.28. The number of fused-ring (bicyclic) bond motifs is 1. The molecule has 2 fully saturated rings. The third-order valence-electron chi connectivity index (χ3n) is 5.92. The number of pyridine rings is 1. The van der Waals surface area contributed by atoms with Crippen molar-refractivity contribution < 1.29 is 0 Å². The van der Waals surface area contributed by atoms with Gasteiger partial charge in [-0.3, -0.25) is 4.98 Å². The molecule has 1 aromatic carbocycles. The predicted molar refractivity (Wildman–Crippen MR) is 100 cm³/mol. The fraction of sp³-hybridized carbons (Fsp3) is 0.550. The average Bonchev–Trinajstić information content (AvgIpc) is 2.62. The van der Waals surface area contributed by atoms with E-state index in [9.17, 15) is 0 Å². The smallest absolute Gasteiger partial charge is 0.0726 e. The molecular formula is C20H28N4. The molecule has 0 atom stereocenters. The summed E-state index contributed by atoms with van der Waals surface area (Å²) in [5.41, 5.74) is 9.36. The third-order valence-corrected chi connectivity index (χ3v) is 5.92. The normalized spacial score (nSPS) is 22.2. The number of piperidine rings is 2. The summed E-state index contributed by atoms with van der Waals surface area (Å²) >= 11 is 0. The van der Waals surface area contributed by atoms with Crippen LogP contribution in [0.25, 0.3) is 10.9 Å². The zero-order valence-electron chi connectivity index (χ0n) is 14.6. The van der Waals surface area contributed by atoms with E-state index in [1.54, 1.807) is 0 Å². The molecule has 2 N–H and O–H groups in total. The van der Waals surface area contributed by atoms with Gasteiger partial charge in [0.1, 0.15) is 0 Å². The Kier molecular flexibility index (Phi) is 4.42. The Labute approximate surface area is 144 Å². The van der Waals surface area contributed by atoms with Crippen LogP contribution in [0.1, 0.15) is 37.3 Å². The SMILES string of the molecule is CN1CCC(N2CCC(c3cc(N)c4ccccc4n3)CC2)CC1. The van der Waals surface area contributed by atoms with E-state index in [0.717, 1.165) is 22.6 Å². The number of nitrogens with zero attached hydrogens (tertiary/aromatic N) is 3. The van der Waals surface area contributed by atoms with Crippen LogP contribution in [0.2, 0.25) is 0 Å². The Balaban J connectivity index is 1.44. The van der Waals surface area contributed by atoms with Gasteiger partial charge in [-0.25, -0.2) is 0 Å². The Hall–Kier alpha value is -1.65. The maximum Gasteiger partial charge on any atom is 0.0726 e. The van der Waals surface area contributed by atoms with E-state index in [1.165, 1.54) is 57.6 Å². The second-order valence-electron chi connectivity index (χ2n) is 7.50. The van der Waals surface area contributed by atoms with Gasteiger partial charge < -0.3 is 15.5 Å². The van der Waals surface area contributed by atoms with E-state index >= 15 is 0 Å². The highest BCUT2D eigenvalue weighted by Crippen LogP contribution is 2.32. The zero-order valence-corrected chi connectivity index (χ0v) is 14.6. The summed E-state index contributed by atoms with van der Waals surface area (Å²) in [5.74, 6) is 0.555. The molecule has 24 heavy (non-hydrogen) atoms. The number of para-hydroxylation sites is 1. The van der Waals surface area contributed by atoms with E-state index in [1.807, 2.05) is 12.1 Å². The van der Waals surface area contributed by atoms with E-state index < -0.39 is 0 Å². The Morgan fingerprint density at radius 3 is 2.46 bits per heavy atom. The lowest BCUT2D eigenvalue weighted by molar-refractivity contribution is 0.0962. The zero-order chi connectivity index (χ0) is 16.5. The van der Waals surface area contributed by atoms with Crippen molar-refractivity contribution in [1.29, 1.82) is 0 Å². The van der Waals surface area contributed by atoms with Gasteiger partial charge in [-0.2, -0.15) is 0 Å². The summed E-state index contributed by atoms with van der Waals surface area (Å²) in [6.07, 6.45) is 5.05. The minimum Gasteiger partial charge on any atom is -0.398 e. The van der Waals surface area contributed by atoms with Crippen LogP contribution in [-0.4, -0.2) is 54.1 Å². The number of aromatic nitrogens is 1. The van der Waals surface area contributed by atoms with Crippen LogP contribution in [0.15, 0.2) is 30.3 Å². The van der Waals surface area contributed by atoms with Crippen molar-refractivity contribution in [2.45, 2.75) is 37.6 Å². The lowest BCUT2D eigenvalue weighted by atomic mass is 9.90. The number of nitrogens with two attached hydrogens (primary N) is 1. The van der Waals surface area contributed by atoms with Crippen LogP contribution < -0.4 is 5.73 Å². The summed E-state index contributed by atoms with van der Waals surface area (Å²) in [7, 11) is 2.23. The molecule has 3 heterocycles. The maximum absolute atomic E-state index is 6.27. The van der Waals surface area contributed by atoms with Crippen LogP contribution in [0, 0.1) is 0 Å². The summed E-state index contributed by atoms with van der Waals surface area (Å²) in [4.78, 5) is 10.1. The summed E-state index contributed by atoms with van der Waals surface area (Å²) < 4.78 is 0. The third kappa shape index (κ3) is 3.13. The van der Waals surface area contributed by atoms with Crippen LogP contribution >= 0.6 is 0 Å². The molecule has 0 radical (unpaired) electrons. The molecule has 2 saturated heterocycles. The van der Waals surface area contributed by atoms with Gasteiger partial charge in [0.05, 0.1) is 5.52 Å². The minimum absolute atomic E-state index is 0.555. The number of hydrogen-bond acceptors (Lipinski definition) is 4. The van der Waals surface area contributed by atoms with Crippen LogP contribution in [0.5, 0.6) is 0 Å². The molecule has 0 amide bonds. The van der Waals surface area contributed by atoms with Gasteiger partial charge in [0.2, 0.25) is 0 Å². The monoisotopic (exact) mass is 324 g/mol. The number of nitrogen functional groups attached to an aromatic ring is 1. The van der Waals surface area contributed by atoms with Gasteiger partial charge in [-0.1, -0.05) is 18.2 Å². The van der Waals surface area contributed by atoms with Crippen molar-refractivity contribution >= 4 is 16.6 Å². The molecule has 0 bridgehead atoms.